The minimum Gasteiger partial charge on any atom is -0.376 e. The first-order valence-electron chi connectivity index (χ1n) is 8.83. The molecule has 0 radical (unpaired) electrons. The summed E-state index contributed by atoms with van der Waals surface area (Å²) in [5.41, 5.74) is 0. The van der Waals surface area contributed by atoms with Crippen LogP contribution in [0.15, 0.2) is 0 Å². The molecule has 24 heavy (non-hydrogen) atoms. The third kappa shape index (κ3) is 8.23. The summed E-state index contributed by atoms with van der Waals surface area (Å²) in [6, 6.07) is 0. The van der Waals surface area contributed by atoms with E-state index in [-0.39, 0.29) is 36.6 Å². The molecule has 0 saturated carbocycles. The second-order valence-electron chi connectivity index (χ2n) is 6.05. The molecule has 0 N–H and O–H groups in total. The fourth-order valence-corrected chi connectivity index (χ4v) is 2.34. The fourth-order valence-electron chi connectivity index (χ4n) is 2.34. The van der Waals surface area contributed by atoms with Crippen molar-refractivity contribution in [2.75, 3.05) is 41.7 Å². The molecular weight excluding hydrogens is 312 g/mol. The van der Waals surface area contributed by atoms with Crippen LogP contribution in [0.3, 0.4) is 0 Å². The quantitative estimate of drug-likeness (QED) is 0.453. The van der Waals surface area contributed by atoms with Gasteiger partial charge in [-0.3, -0.25) is 0 Å². The number of hydrogen-bond donors (Lipinski definition) is 0. The normalized spacial score (nSPS) is 19.5. The van der Waals surface area contributed by atoms with Crippen LogP contribution < -0.4 is 0 Å². The molecule has 0 heterocycles. The molecule has 146 valence electrons. The SMILES string of the molecule is CCC(C)OC[C@H](OC)[C@@H](OC)[C@H](OC)[C@@H](COC(C)CC)OC. The van der Waals surface area contributed by atoms with Crippen molar-refractivity contribution in [2.45, 2.75) is 77.2 Å². The topological polar surface area (TPSA) is 55.4 Å². The zero-order chi connectivity index (χ0) is 18.5. The van der Waals surface area contributed by atoms with Crippen LogP contribution in [0, 0.1) is 0 Å². The van der Waals surface area contributed by atoms with Crippen molar-refractivity contribution >= 4 is 0 Å². The second kappa shape index (κ2) is 14.0. The average molecular weight is 350 g/mol. The van der Waals surface area contributed by atoms with Gasteiger partial charge in [0.05, 0.1) is 25.4 Å². The zero-order valence-corrected chi connectivity index (χ0v) is 16.7. The van der Waals surface area contributed by atoms with Crippen molar-refractivity contribution < 1.29 is 28.4 Å². The minimum absolute atomic E-state index is 0.174. The van der Waals surface area contributed by atoms with E-state index in [1.54, 1.807) is 28.4 Å². The fraction of sp³-hybridized carbons (Fsp3) is 1.00. The van der Waals surface area contributed by atoms with Crippen LogP contribution in [0.25, 0.3) is 0 Å². The Labute approximate surface area is 148 Å². The van der Waals surface area contributed by atoms with Gasteiger partial charge in [-0.2, -0.15) is 0 Å². The maximum Gasteiger partial charge on any atom is 0.114 e. The molecule has 0 spiro atoms. The molecule has 0 rings (SSSR count). The Bertz CT molecular complexity index is 261. The maximum atomic E-state index is 5.82. The van der Waals surface area contributed by atoms with Gasteiger partial charge in [-0.15, -0.1) is 0 Å². The van der Waals surface area contributed by atoms with Gasteiger partial charge in [0.2, 0.25) is 0 Å². The van der Waals surface area contributed by atoms with Gasteiger partial charge < -0.3 is 28.4 Å². The van der Waals surface area contributed by atoms with Crippen LogP contribution in [0.4, 0.5) is 0 Å². The monoisotopic (exact) mass is 350 g/mol. The minimum atomic E-state index is -0.325. The molecule has 0 fully saturated rings. The van der Waals surface area contributed by atoms with Gasteiger partial charge in [-0.1, -0.05) is 13.8 Å². The van der Waals surface area contributed by atoms with Crippen molar-refractivity contribution in [2.24, 2.45) is 0 Å². The summed E-state index contributed by atoms with van der Waals surface area (Å²) in [7, 11) is 6.60. The Balaban J connectivity index is 4.93. The van der Waals surface area contributed by atoms with E-state index >= 15 is 0 Å². The number of hydrogen-bond acceptors (Lipinski definition) is 6. The van der Waals surface area contributed by atoms with Crippen LogP contribution in [-0.4, -0.2) is 78.3 Å². The molecule has 0 amide bonds. The lowest BCUT2D eigenvalue weighted by Gasteiger charge is -2.35. The van der Waals surface area contributed by atoms with Crippen molar-refractivity contribution in [1.82, 2.24) is 0 Å². The molecule has 2 unspecified atom stereocenters. The summed E-state index contributed by atoms with van der Waals surface area (Å²) in [5.74, 6) is 0. The van der Waals surface area contributed by atoms with Gasteiger partial charge in [-0.25, -0.2) is 0 Å². The van der Waals surface area contributed by atoms with Crippen LogP contribution in [0.2, 0.25) is 0 Å². The summed E-state index contributed by atoms with van der Waals surface area (Å²) < 4.78 is 34.2. The summed E-state index contributed by atoms with van der Waals surface area (Å²) in [6.45, 7) is 9.14. The first-order chi connectivity index (χ1) is 11.5. The lowest BCUT2D eigenvalue weighted by molar-refractivity contribution is -0.176. The maximum absolute atomic E-state index is 5.82. The van der Waals surface area contributed by atoms with E-state index < -0.39 is 0 Å². The third-order valence-corrected chi connectivity index (χ3v) is 4.45. The summed E-state index contributed by atoms with van der Waals surface area (Å²) in [4.78, 5) is 0. The highest BCUT2D eigenvalue weighted by Crippen LogP contribution is 2.18. The van der Waals surface area contributed by atoms with Crippen molar-refractivity contribution in [3.63, 3.8) is 0 Å². The molecule has 6 atom stereocenters. The summed E-state index contributed by atoms with van der Waals surface area (Å²) >= 11 is 0. The molecule has 0 aliphatic carbocycles. The van der Waals surface area contributed by atoms with Gasteiger partial charge >= 0.3 is 0 Å². The van der Waals surface area contributed by atoms with Crippen LogP contribution in [0.5, 0.6) is 0 Å². The smallest absolute Gasteiger partial charge is 0.114 e. The van der Waals surface area contributed by atoms with Gasteiger partial charge in [0, 0.05) is 28.4 Å². The highest BCUT2D eigenvalue weighted by atomic mass is 16.6. The van der Waals surface area contributed by atoms with E-state index in [2.05, 4.69) is 13.8 Å². The molecule has 6 nitrogen and oxygen atoms in total. The summed E-state index contributed by atoms with van der Waals surface area (Å²) in [6.07, 6.45) is 1.09. The van der Waals surface area contributed by atoms with Crippen LogP contribution >= 0.6 is 0 Å². The number of rotatable bonds is 15. The molecule has 0 aliphatic rings. The number of ether oxygens (including phenoxy) is 6. The Hall–Kier alpha value is -0.240. The molecule has 0 aromatic carbocycles. The molecule has 0 saturated heterocycles. The first kappa shape index (κ1) is 23.8. The Morgan fingerprint density at radius 2 is 0.917 bits per heavy atom. The Kier molecular flexibility index (Phi) is 13.8. The van der Waals surface area contributed by atoms with Gasteiger partial charge in [0.25, 0.3) is 0 Å². The standard InChI is InChI=1S/C18H38O6/c1-9-13(3)23-11-15(19-5)17(21-7)18(22-8)16(20-6)12-24-14(4)10-2/h13-18H,9-12H2,1-8H3/t13?,14?,15-,16+,17-,18-/m1/s1. The second-order valence-corrected chi connectivity index (χ2v) is 6.05. The molecule has 0 bridgehead atoms. The van der Waals surface area contributed by atoms with E-state index in [1.165, 1.54) is 0 Å². The lowest BCUT2D eigenvalue weighted by Crippen LogP contribution is -2.51. The van der Waals surface area contributed by atoms with Gasteiger partial charge in [0.1, 0.15) is 24.4 Å². The predicted molar refractivity (Wildman–Crippen MR) is 94.6 cm³/mol. The highest BCUT2D eigenvalue weighted by molar-refractivity contribution is 4.85. The van der Waals surface area contributed by atoms with E-state index in [0.29, 0.717) is 13.2 Å². The largest absolute Gasteiger partial charge is 0.376 e. The van der Waals surface area contributed by atoms with Crippen molar-refractivity contribution in [1.29, 1.82) is 0 Å². The average Bonchev–Trinajstić information content (AvgIpc) is 2.62. The van der Waals surface area contributed by atoms with E-state index in [0.717, 1.165) is 12.8 Å². The zero-order valence-electron chi connectivity index (χ0n) is 16.7. The van der Waals surface area contributed by atoms with Gasteiger partial charge in [0.15, 0.2) is 0 Å². The van der Waals surface area contributed by atoms with Crippen molar-refractivity contribution in [3.05, 3.63) is 0 Å². The lowest BCUT2D eigenvalue weighted by atomic mass is 10.0. The number of methoxy groups -OCH3 is 4. The van der Waals surface area contributed by atoms with Gasteiger partial charge in [-0.05, 0) is 26.7 Å². The third-order valence-electron chi connectivity index (χ3n) is 4.45. The molecule has 0 aromatic rings. The van der Waals surface area contributed by atoms with E-state index in [9.17, 15) is 0 Å². The Morgan fingerprint density at radius 3 is 1.12 bits per heavy atom. The highest BCUT2D eigenvalue weighted by Gasteiger charge is 2.36. The van der Waals surface area contributed by atoms with E-state index in [4.69, 9.17) is 28.4 Å². The van der Waals surface area contributed by atoms with E-state index in [1.807, 2.05) is 13.8 Å². The summed E-state index contributed by atoms with van der Waals surface area (Å²) in [5, 5.41) is 0. The van der Waals surface area contributed by atoms with Crippen molar-refractivity contribution in [3.8, 4) is 0 Å². The Morgan fingerprint density at radius 1 is 0.583 bits per heavy atom. The van der Waals surface area contributed by atoms with Crippen LogP contribution in [0.1, 0.15) is 40.5 Å². The molecular formula is C18H38O6. The first-order valence-corrected chi connectivity index (χ1v) is 8.83. The predicted octanol–water partition coefficient (Wildman–Crippen LogP) is 2.68. The molecule has 0 aliphatic heterocycles. The molecule has 6 heteroatoms. The van der Waals surface area contributed by atoms with Crippen LogP contribution in [-0.2, 0) is 28.4 Å². The molecule has 0 aromatic heterocycles.